The van der Waals surface area contributed by atoms with Crippen molar-refractivity contribution in [3.63, 3.8) is 0 Å². The van der Waals surface area contributed by atoms with Gasteiger partial charge in [0.05, 0.1) is 20.2 Å². The highest BCUT2D eigenvalue weighted by Crippen LogP contribution is 2.34. The van der Waals surface area contributed by atoms with E-state index in [4.69, 9.17) is 4.74 Å². The fraction of sp³-hybridized carbons (Fsp3) is 0.286. The highest BCUT2D eigenvalue weighted by molar-refractivity contribution is 6.08. The Hall–Kier alpha value is -4.80. The van der Waals surface area contributed by atoms with E-state index in [0.29, 0.717) is 29.3 Å². The van der Waals surface area contributed by atoms with Gasteiger partial charge in [-0.25, -0.2) is 19.3 Å². The number of amides is 4. The maximum Gasteiger partial charge on any atom is 0.322 e. The molecule has 0 bridgehead atoms. The fourth-order valence-corrected chi connectivity index (χ4v) is 5.59. The molecule has 2 aromatic heterocycles. The van der Waals surface area contributed by atoms with Crippen molar-refractivity contribution in [2.45, 2.75) is 31.5 Å². The van der Waals surface area contributed by atoms with Gasteiger partial charge in [0.2, 0.25) is 11.8 Å². The largest absolute Gasteiger partial charge is 0.497 e. The van der Waals surface area contributed by atoms with Crippen LogP contribution in [0.2, 0.25) is 0 Å². The number of nitrogens with zero attached hydrogens (tertiary/aromatic N) is 4. The van der Waals surface area contributed by atoms with E-state index in [0.717, 1.165) is 34.5 Å². The van der Waals surface area contributed by atoms with E-state index in [9.17, 15) is 14.4 Å². The topological polar surface area (TPSA) is 133 Å². The Kier molecular flexibility index (Phi) is 5.15. The molecule has 0 spiro atoms. The number of H-pyrrole nitrogens is 1. The minimum Gasteiger partial charge on any atom is -0.497 e. The third kappa shape index (κ3) is 3.80. The van der Waals surface area contributed by atoms with Gasteiger partial charge in [-0.05, 0) is 42.0 Å². The maximum absolute atomic E-state index is 13.3. The molecule has 1 saturated carbocycles. The summed E-state index contributed by atoms with van der Waals surface area (Å²) >= 11 is 0. The summed E-state index contributed by atoms with van der Waals surface area (Å²) in [6.45, 7) is 1.22. The van der Waals surface area contributed by atoms with Crippen LogP contribution in [0.15, 0.2) is 55.1 Å². The molecule has 3 aliphatic rings. The molecule has 196 valence electrons. The highest BCUT2D eigenvalue weighted by atomic mass is 16.5. The second kappa shape index (κ2) is 8.62. The van der Waals surface area contributed by atoms with E-state index in [-0.39, 0.29) is 12.5 Å². The van der Waals surface area contributed by atoms with E-state index >= 15 is 0 Å². The van der Waals surface area contributed by atoms with Crippen molar-refractivity contribution in [2.24, 2.45) is 5.92 Å². The van der Waals surface area contributed by atoms with Gasteiger partial charge >= 0.3 is 6.03 Å². The standard InChI is InChI=1S/C28H25N7O4/c1-39-20-9-6-18-12-34(25(36)21(18)10-20)13-28(26(37)32-27(38)33-28)19-7-4-17(5-8-19)22-23-24(30-14-29-22)31-15-35(23)11-16-2-3-16/h4-10,14-16H,2-3,11-13H2,1H3,(H2,32,33,37,38)/p+1/t28-/m0/s1. The van der Waals surface area contributed by atoms with E-state index in [1.54, 1.807) is 24.1 Å². The summed E-state index contributed by atoms with van der Waals surface area (Å²) in [7, 11) is 1.55. The first-order valence-electron chi connectivity index (χ1n) is 12.9. The van der Waals surface area contributed by atoms with Gasteiger partial charge in [-0.1, -0.05) is 30.3 Å². The van der Waals surface area contributed by atoms with Crippen molar-refractivity contribution < 1.29 is 23.7 Å². The van der Waals surface area contributed by atoms with E-state index < -0.39 is 17.5 Å². The first-order valence-corrected chi connectivity index (χ1v) is 12.9. The van der Waals surface area contributed by atoms with Crippen molar-refractivity contribution in [3.8, 4) is 17.0 Å². The van der Waals surface area contributed by atoms with Crippen LogP contribution >= 0.6 is 0 Å². The lowest BCUT2D eigenvalue weighted by atomic mass is 9.88. The number of aromatic nitrogens is 4. The maximum atomic E-state index is 13.3. The van der Waals surface area contributed by atoms with Crippen LogP contribution in [-0.2, 0) is 23.4 Å². The van der Waals surface area contributed by atoms with Crippen LogP contribution in [0, 0.1) is 5.92 Å². The minimum absolute atomic E-state index is 0.0172. The molecule has 4 heterocycles. The number of ether oxygens (including phenoxy) is 1. The average Bonchev–Trinajstić information content (AvgIpc) is 3.50. The van der Waals surface area contributed by atoms with Crippen molar-refractivity contribution in [2.75, 3.05) is 13.7 Å². The Balaban J connectivity index is 1.23. The number of methoxy groups -OCH3 is 1. The van der Waals surface area contributed by atoms with E-state index in [2.05, 4.69) is 30.2 Å². The molecule has 1 aliphatic carbocycles. The number of benzene rings is 2. The van der Waals surface area contributed by atoms with Crippen molar-refractivity contribution in [1.29, 1.82) is 0 Å². The smallest absolute Gasteiger partial charge is 0.322 e. The van der Waals surface area contributed by atoms with Crippen LogP contribution in [0.5, 0.6) is 5.75 Å². The molecule has 39 heavy (non-hydrogen) atoms. The van der Waals surface area contributed by atoms with Crippen LogP contribution < -0.4 is 19.9 Å². The van der Waals surface area contributed by atoms with Gasteiger partial charge in [-0.3, -0.25) is 14.9 Å². The summed E-state index contributed by atoms with van der Waals surface area (Å²) < 4.78 is 7.43. The molecule has 3 N–H and O–H groups in total. The fourth-order valence-electron chi connectivity index (χ4n) is 5.59. The van der Waals surface area contributed by atoms with Gasteiger partial charge in [0, 0.05) is 17.7 Å². The summed E-state index contributed by atoms with van der Waals surface area (Å²) in [4.78, 5) is 52.6. The number of hydrogen-bond donors (Lipinski definition) is 3. The summed E-state index contributed by atoms with van der Waals surface area (Å²) in [6, 6.07) is 12.1. The van der Waals surface area contributed by atoms with Crippen molar-refractivity contribution in [1.82, 2.24) is 30.5 Å². The number of rotatable bonds is 7. The second-order valence-electron chi connectivity index (χ2n) is 10.4. The van der Waals surface area contributed by atoms with Gasteiger partial charge in [-0.15, -0.1) is 0 Å². The lowest BCUT2D eigenvalue weighted by molar-refractivity contribution is -0.674. The van der Waals surface area contributed by atoms with Crippen LogP contribution in [0.4, 0.5) is 4.79 Å². The molecule has 4 amide bonds. The zero-order valence-corrected chi connectivity index (χ0v) is 21.2. The number of imidazole rings is 1. The summed E-state index contributed by atoms with van der Waals surface area (Å²) in [5.41, 5.74) is 3.83. The Bertz CT molecular complexity index is 1660. The molecule has 0 radical (unpaired) electrons. The lowest BCUT2D eigenvalue weighted by Crippen LogP contribution is -2.52. The Morgan fingerprint density at radius 2 is 1.92 bits per heavy atom. The first-order chi connectivity index (χ1) is 18.9. The predicted molar refractivity (Wildman–Crippen MR) is 138 cm³/mol. The molecule has 2 aliphatic heterocycles. The normalized spacial score (nSPS) is 20.3. The van der Waals surface area contributed by atoms with Crippen LogP contribution in [0.1, 0.15) is 34.3 Å². The number of urea groups is 1. The first kappa shape index (κ1) is 23.3. The van der Waals surface area contributed by atoms with Crippen LogP contribution in [0.25, 0.3) is 22.4 Å². The molecule has 2 aromatic carbocycles. The van der Waals surface area contributed by atoms with E-state index in [1.165, 1.54) is 19.2 Å². The Labute approximate surface area is 223 Å². The summed E-state index contributed by atoms with van der Waals surface area (Å²) in [5.74, 6) is 0.541. The zero-order valence-electron chi connectivity index (χ0n) is 21.2. The lowest BCUT2D eigenvalue weighted by Gasteiger charge is -2.31. The van der Waals surface area contributed by atoms with E-state index in [1.807, 2.05) is 36.7 Å². The molecular formula is C28H26N7O4+. The minimum atomic E-state index is -1.43. The molecule has 0 unspecified atom stereocenters. The van der Waals surface area contributed by atoms with Gasteiger partial charge in [-0.2, -0.15) is 4.98 Å². The summed E-state index contributed by atoms with van der Waals surface area (Å²) in [5, 5.41) is 5.16. The number of carbonyl (C=O) groups excluding carboxylic acids is 3. The number of carbonyl (C=O) groups is 3. The van der Waals surface area contributed by atoms with Gasteiger partial charge in [0.15, 0.2) is 5.54 Å². The SMILES string of the molecule is COc1ccc2c(c1)C(=O)N(C[C@@]1(c3ccc(-c4ncnc5[nH]c[n+](CC6CC6)c45)cc3)NC(=O)NC1=O)C2. The average molecular weight is 525 g/mol. The van der Waals surface area contributed by atoms with Crippen LogP contribution in [-0.4, -0.2) is 51.4 Å². The predicted octanol–water partition coefficient (Wildman–Crippen LogP) is 2.02. The molecule has 7 rings (SSSR count). The molecule has 1 saturated heterocycles. The number of nitrogens with one attached hydrogen (secondary N) is 3. The molecule has 1 atom stereocenters. The second-order valence-corrected chi connectivity index (χ2v) is 10.4. The third-order valence-corrected chi connectivity index (χ3v) is 7.84. The van der Waals surface area contributed by atoms with Crippen LogP contribution in [0.3, 0.4) is 0 Å². The Morgan fingerprint density at radius 1 is 1.10 bits per heavy atom. The van der Waals surface area contributed by atoms with Crippen molar-refractivity contribution >= 4 is 29.0 Å². The van der Waals surface area contributed by atoms with Gasteiger partial charge in [0.25, 0.3) is 17.5 Å². The molecule has 4 aromatic rings. The Morgan fingerprint density at radius 3 is 2.64 bits per heavy atom. The third-order valence-electron chi connectivity index (χ3n) is 7.84. The number of aromatic amines is 1. The molecule has 11 heteroatoms. The van der Waals surface area contributed by atoms with Gasteiger partial charge in [0.1, 0.15) is 17.8 Å². The summed E-state index contributed by atoms with van der Waals surface area (Å²) in [6.07, 6.45) is 5.92. The number of imide groups is 1. The quantitative estimate of drug-likeness (QED) is 0.250. The zero-order chi connectivity index (χ0) is 26.7. The van der Waals surface area contributed by atoms with Crippen molar-refractivity contribution in [3.05, 3.63) is 71.8 Å². The number of hydrogen-bond acceptors (Lipinski definition) is 6. The molecular weight excluding hydrogens is 498 g/mol. The molecule has 2 fully saturated rings. The molecule has 11 nitrogen and oxygen atoms in total. The monoisotopic (exact) mass is 524 g/mol. The van der Waals surface area contributed by atoms with Gasteiger partial charge < -0.3 is 15.0 Å². The highest BCUT2D eigenvalue weighted by Gasteiger charge is 2.50. The number of fused-ring (bicyclic) bond motifs is 2.